The number of likely N-dealkylation sites (tertiary alicyclic amines) is 1. The molecule has 1 saturated heterocycles. The number of rotatable bonds is 3. The van der Waals surface area contributed by atoms with E-state index in [1.54, 1.807) is 0 Å². The van der Waals surface area contributed by atoms with E-state index in [2.05, 4.69) is 4.74 Å². The van der Waals surface area contributed by atoms with E-state index in [-0.39, 0.29) is 18.6 Å². The Labute approximate surface area is 111 Å². The van der Waals surface area contributed by atoms with Gasteiger partial charge in [0.1, 0.15) is 11.8 Å². The molecule has 0 spiro atoms. The van der Waals surface area contributed by atoms with Gasteiger partial charge in [0.2, 0.25) is 5.91 Å². The number of ether oxygens (including phenoxy) is 1. The molecular formula is C12H19NO6. The summed E-state index contributed by atoms with van der Waals surface area (Å²) in [7, 11) is 1.20. The van der Waals surface area contributed by atoms with Gasteiger partial charge in [0.25, 0.3) is 0 Å². The van der Waals surface area contributed by atoms with Crippen molar-refractivity contribution in [2.75, 3.05) is 7.11 Å². The molecule has 2 unspecified atom stereocenters. The number of ketones is 2. The third-order valence-electron chi connectivity index (χ3n) is 2.36. The minimum Gasteiger partial charge on any atom is -0.467 e. The molecule has 7 heteroatoms. The summed E-state index contributed by atoms with van der Waals surface area (Å²) in [6, 6.07) is -0.846. The van der Waals surface area contributed by atoms with Crippen LogP contribution in [-0.4, -0.2) is 52.8 Å². The van der Waals surface area contributed by atoms with Crippen LogP contribution in [0.4, 0.5) is 0 Å². The van der Waals surface area contributed by atoms with Gasteiger partial charge in [-0.3, -0.25) is 14.5 Å². The number of esters is 1. The number of carbonyl (C=O) groups is 4. The zero-order chi connectivity index (χ0) is 15.2. The van der Waals surface area contributed by atoms with Gasteiger partial charge >= 0.3 is 5.97 Å². The molecule has 1 heterocycles. The Morgan fingerprint density at radius 2 is 1.79 bits per heavy atom. The second-order valence-corrected chi connectivity index (χ2v) is 4.27. The third kappa shape index (κ3) is 5.17. The molecule has 0 aromatic carbocycles. The van der Waals surface area contributed by atoms with Crippen LogP contribution in [0.25, 0.3) is 0 Å². The van der Waals surface area contributed by atoms with Crippen molar-refractivity contribution in [2.45, 2.75) is 45.9 Å². The van der Waals surface area contributed by atoms with E-state index in [1.807, 2.05) is 0 Å². The SMILES string of the molecule is CC(C)=O.COC(=O)C1CCC(=O)N1C(O)C(C)=O. The molecule has 0 aromatic heterocycles. The lowest BCUT2D eigenvalue weighted by Gasteiger charge is -2.26. The van der Waals surface area contributed by atoms with E-state index in [9.17, 15) is 24.3 Å². The van der Waals surface area contributed by atoms with Crippen LogP contribution >= 0.6 is 0 Å². The number of hydrogen-bond donors (Lipinski definition) is 1. The van der Waals surface area contributed by atoms with E-state index in [1.165, 1.54) is 21.0 Å². The first-order chi connectivity index (χ1) is 8.72. The topological polar surface area (TPSA) is 101 Å². The van der Waals surface area contributed by atoms with E-state index in [4.69, 9.17) is 0 Å². The van der Waals surface area contributed by atoms with Gasteiger partial charge in [-0.05, 0) is 27.2 Å². The maximum atomic E-state index is 11.4. The molecule has 1 aliphatic heterocycles. The number of carbonyl (C=O) groups excluding carboxylic acids is 4. The lowest BCUT2D eigenvalue weighted by molar-refractivity contribution is -0.160. The first-order valence-electron chi connectivity index (χ1n) is 5.77. The van der Waals surface area contributed by atoms with Gasteiger partial charge in [-0.1, -0.05) is 0 Å². The maximum absolute atomic E-state index is 11.4. The number of methoxy groups -OCH3 is 1. The smallest absolute Gasteiger partial charge is 0.328 e. The molecular weight excluding hydrogens is 254 g/mol. The molecule has 1 fully saturated rings. The second kappa shape index (κ2) is 7.63. The van der Waals surface area contributed by atoms with Gasteiger partial charge in [0.15, 0.2) is 12.0 Å². The summed E-state index contributed by atoms with van der Waals surface area (Å²) in [5.74, 6) is -1.42. The average molecular weight is 273 g/mol. The van der Waals surface area contributed by atoms with Crippen LogP contribution in [0.5, 0.6) is 0 Å². The van der Waals surface area contributed by atoms with Crippen molar-refractivity contribution in [3.05, 3.63) is 0 Å². The van der Waals surface area contributed by atoms with Crippen LogP contribution in [0, 0.1) is 0 Å². The normalized spacial score (nSPS) is 19.3. The zero-order valence-corrected chi connectivity index (χ0v) is 11.5. The van der Waals surface area contributed by atoms with Crippen molar-refractivity contribution in [1.29, 1.82) is 0 Å². The van der Waals surface area contributed by atoms with Gasteiger partial charge in [-0.15, -0.1) is 0 Å². The Balaban J connectivity index is 0.000000711. The number of amides is 1. The predicted molar refractivity (Wildman–Crippen MR) is 64.9 cm³/mol. The fourth-order valence-corrected chi connectivity index (χ4v) is 1.57. The van der Waals surface area contributed by atoms with Gasteiger partial charge in [0, 0.05) is 6.42 Å². The van der Waals surface area contributed by atoms with Crippen molar-refractivity contribution in [3.63, 3.8) is 0 Å². The number of Topliss-reactive ketones (excluding diaryl/α,β-unsaturated/α-hetero) is 2. The summed E-state index contributed by atoms with van der Waals surface area (Å²) in [4.78, 5) is 43.9. The summed E-state index contributed by atoms with van der Waals surface area (Å²) in [5.41, 5.74) is 0. The molecule has 0 radical (unpaired) electrons. The Hall–Kier alpha value is -1.76. The molecule has 2 atom stereocenters. The minimum atomic E-state index is -1.55. The molecule has 19 heavy (non-hydrogen) atoms. The Morgan fingerprint density at radius 1 is 1.32 bits per heavy atom. The highest BCUT2D eigenvalue weighted by atomic mass is 16.5. The van der Waals surface area contributed by atoms with Crippen LogP contribution in [0.15, 0.2) is 0 Å². The lowest BCUT2D eigenvalue weighted by atomic mass is 10.2. The molecule has 1 amide bonds. The zero-order valence-electron chi connectivity index (χ0n) is 11.5. The van der Waals surface area contributed by atoms with Gasteiger partial charge in [-0.25, -0.2) is 4.79 Å². The largest absolute Gasteiger partial charge is 0.467 e. The Kier molecular flexibility index (Phi) is 6.92. The summed E-state index contributed by atoms with van der Waals surface area (Å²) in [6.45, 7) is 4.21. The van der Waals surface area contributed by atoms with Crippen molar-refractivity contribution < 1.29 is 29.0 Å². The van der Waals surface area contributed by atoms with Crippen LogP contribution in [0.2, 0.25) is 0 Å². The monoisotopic (exact) mass is 273 g/mol. The van der Waals surface area contributed by atoms with E-state index < -0.39 is 29.9 Å². The average Bonchev–Trinajstić information content (AvgIpc) is 2.68. The first kappa shape index (κ1) is 17.2. The molecule has 7 nitrogen and oxygen atoms in total. The quantitative estimate of drug-likeness (QED) is 0.705. The fourth-order valence-electron chi connectivity index (χ4n) is 1.57. The van der Waals surface area contributed by atoms with E-state index in [0.717, 1.165) is 11.8 Å². The predicted octanol–water partition coefficient (Wildman–Crippen LogP) is -0.347. The molecule has 0 aromatic rings. The van der Waals surface area contributed by atoms with Crippen molar-refractivity contribution in [3.8, 4) is 0 Å². The highest BCUT2D eigenvalue weighted by molar-refractivity contribution is 5.92. The van der Waals surface area contributed by atoms with Crippen LogP contribution < -0.4 is 0 Å². The maximum Gasteiger partial charge on any atom is 0.328 e. The first-order valence-corrected chi connectivity index (χ1v) is 5.77. The molecule has 1 rings (SSSR count). The Bertz CT molecular complexity index is 374. The minimum absolute atomic E-state index is 0.143. The summed E-state index contributed by atoms with van der Waals surface area (Å²) < 4.78 is 4.49. The van der Waals surface area contributed by atoms with E-state index in [0.29, 0.717) is 0 Å². The summed E-state index contributed by atoms with van der Waals surface area (Å²) in [5, 5.41) is 9.46. The standard InChI is InChI=1S/C9H13NO5.C3H6O/c1-5(11)8(13)10-6(9(14)15-2)3-4-7(10)12;1-3(2)4/h6,8,13H,3-4H2,1-2H3;1-2H3. The van der Waals surface area contributed by atoms with Gasteiger partial charge < -0.3 is 14.6 Å². The fraction of sp³-hybridized carbons (Fsp3) is 0.667. The van der Waals surface area contributed by atoms with Gasteiger partial charge in [0.05, 0.1) is 7.11 Å². The molecule has 0 aliphatic carbocycles. The number of aliphatic hydroxyl groups excluding tert-OH is 1. The number of nitrogens with zero attached hydrogens (tertiary/aromatic N) is 1. The van der Waals surface area contributed by atoms with Crippen molar-refractivity contribution in [2.24, 2.45) is 0 Å². The molecule has 1 aliphatic rings. The third-order valence-corrected chi connectivity index (χ3v) is 2.36. The molecule has 0 bridgehead atoms. The Morgan fingerprint density at radius 3 is 2.16 bits per heavy atom. The number of hydrogen-bond acceptors (Lipinski definition) is 6. The lowest BCUT2D eigenvalue weighted by Crippen LogP contribution is -2.48. The number of aliphatic hydroxyl groups is 1. The highest BCUT2D eigenvalue weighted by Crippen LogP contribution is 2.22. The van der Waals surface area contributed by atoms with Crippen molar-refractivity contribution in [1.82, 2.24) is 4.90 Å². The highest BCUT2D eigenvalue weighted by Gasteiger charge is 2.41. The summed E-state index contributed by atoms with van der Waals surface area (Å²) >= 11 is 0. The van der Waals surface area contributed by atoms with Gasteiger partial charge in [-0.2, -0.15) is 0 Å². The summed E-state index contributed by atoms with van der Waals surface area (Å²) in [6.07, 6.45) is -1.14. The van der Waals surface area contributed by atoms with Crippen molar-refractivity contribution >= 4 is 23.4 Å². The molecule has 1 N–H and O–H groups in total. The van der Waals surface area contributed by atoms with E-state index >= 15 is 0 Å². The van der Waals surface area contributed by atoms with Crippen LogP contribution in [-0.2, 0) is 23.9 Å². The van der Waals surface area contributed by atoms with Crippen LogP contribution in [0.3, 0.4) is 0 Å². The molecule has 108 valence electrons. The molecule has 0 saturated carbocycles. The second-order valence-electron chi connectivity index (χ2n) is 4.27. The van der Waals surface area contributed by atoms with Crippen LogP contribution in [0.1, 0.15) is 33.6 Å².